The Hall–Kier alpha value is 0.920. The van der Waals surface area contributed by atoms with Gasteiger partial charge < -0.3 is 5.11 Å². The predicted molar refractivity (Wildman–Crippen MR) is 42.5 cm³/mol. The molecule has 49 valence electrons. The van der Waals surface area contributed by atoms with Crippen molar-refractivity contribution < 1.29 is 5.11 Å². The zero-order valence-electron chi connectivity index (χ0n) is 4.53. The van der Waals surface area contributed by atoms with E-state index < -0.39 is 0 Å². The summed E-state index contributed by atoms with van der Waals surface area (Å²) in [6.07, 6.45) is 0. The molecule has 0 amide bonds. The van der Waals surface area contributed by atoms with Crippen LogP contribution in [0.25, 0.3) is 0 Å². The van der Waals surface area contributed by atoms with E-state index in [1.165, 1.54) is 0 Å². The van der Waals surface area contributed by atoms with E-state index in [1.54, 1.807) is 0 Å². The van der Waals surface area contributed by atoms with E-state index in [0.29, 0.717) is 0 Å². The fraction of sp³-hybridized carbons (Fsp3) is 0.800. The first kappa shape index (κ1) is 8.92. The molecule has 0 fully saturated rings. The van der Waals surface area contributed by atoms with Crippen LogP contribution in [0.5, 0.6) is 0 Å². The summed E-state index contributed by atoms with van der Waals surface area (Å²) in [5.74, 6) is 0. The van der Waals surface area contributed by atoms with Crippen LogP contribution in [0, 0.1) is 12.3 Å². The van der Waals surface area contributed by atoms with E-state index in [9.17, 15) is 0 Å². The van der Waals surface area contributed by atoms with Crippen molar-refractivity contribution in [3.63, 3.8) is 0 Å². The number of hydrogen-bond acceptors (Lipinski definition) is 1. The van der Waals surface area contributed by atoms with Gasteiger partial charge in [0.1, 0.15) is 0 Å². The fourth-order valence-electron chi connectivity index (χ4n) is 0.120. The van der Waals surface area contributed by atoms with E-state index in [1.807, 2.05) is 0 Å². The minimum Gasteiger partial charge on any atom is -0.396 e. The van der Waals surface area contributed by atoms with Crippen molar-refractivity contribution in [2.45, 2.75) is 0 Å². The van der Waals surface area contributed by atoms with Gasteiger partial charge in [-0.25, -0.2) is 0 Å². The molecule has 0 aliphatic rings. The molecule has 0 aromatic heterocycles. The van der Waals surface area contributed by atoms with E-state index in [2.05, 4.69) is 38.8 Å². The van der Waals surface area contributed by atoms with Gasteiger partial charge in [-0.3, -0.25) is 0 Å². The van der Waals surface area contributed by atoms with Crippen LogP contribution in [-0.4, -0.2) is 22.4 Å². The lowest BCUT2D eigenvalue weighted by molar-refractivity contribution is 0.206. The molecule has 0 rings (SSSR count). The van der Waals surface area contributed by atoms with Gasteiger partial charge in [0.05, 0.1) is 6.61 Å². The molecule has 0 bridgehead atoms. The van der Waals surface area contributed by atoms with Gasteiger partial charge in [0.25, 0.3) is 0 Å². The van der Waals surface area contributed by atoms with Crippen LogP contribution in [0.3, 0.4) is 0 Å². The first-order chi connectivity index (χ1) is 3.68. The standard InChI is InChI=1S/C5H9Br2O/c1-5(2-6,3-7)4-8/h8H,1-4H2. The number of aliphatic hydroxyl groups is 1. The average molecular weight is 245 g/mol. The molecule has 1 N–H and O–H groups in total. The molecule has 0 aliphatic heterocycles. The van der Waals surface area contributed by atoms with Gasteiger partial charge in [0, 0.05) is 16.1 Å². The minimum absolute atomic E-state index is 0.115. The van der Waals surface area contributed by atoms with Crippen LogP contribution in [0.2, 0.25) is 0 Å². The highest BCUT2D eigenvalue weighted by molar-refractivity contribution is 9.09. The first-order valence-corrected chi connectivity index (χ1v) is 4.51. The Kier molecular flexibility index (Phi) is 4.30. The molecular weight excluding hydrogens is 236 g/mol. The Bertz CT molecular complexity index is 53.2. The van der Waals surface area contributed by atoms with Crippen LogP contribution < -0.4 is 0 Å². The molecule has 0 saturated carbocycles. The molecule has 0 heterocycles. The molecule has 0 unspecified atom stereocenters. The second kappa shape index (κ2) is 3.85. The zero-order chi connectivity index (χ0) is 6.62. The third-order valence-corrected chi connectivity index (χ3v) is 3.28. The summed E-state index contributed by atoms with van der Waals surface area (Å²) < 4.78 is 0. The number of halogens is 2. The van der Waals surface area contributed by atoms with Gasteiger partial charge in [-0.1, -0.05) is 31.9 Å². The lowest BCUT2D eigenvalue weighted by Crippen LogP contribution is -2.24. The molecule has 0 aliphatic carbocycles. The molecule has 3 heteroatoms. The van der Waals surface area contributed by atoms with Gasteiger partial charge in [-0.15, -0.1) is 0 Å². The minimum atomic E-state index is -0.236. The van der Waals surface area contributed by atoms with E-state index in [4.69, 9.17) is 5.11 Å². The summed E-state index contributed by atoms with van der Waals surface area (Å²) in [7, 11) is 0. The van der Waals surface area contributed by atoms with Gasteiger partial charge in [-0.2, -0.15) is 0 Å². The van der Waals surface area contributed by atoms with Gasteiger partial charge in [0.2, 0.25) is 0 Å². The largest absolute Gasteiger partial charge is 0.396 e. The summed E-state index contributed by atoms with van der Waals surface area (Å²) in [6.45, 7) is 3.90. The van der Waals surface area contributed by atoms with Crippen molar-refractivity contribution in [1.82, 2.24) is 0 Å². The Morgan fingerprint density at radius 1 is 1.38 bits per heavy atom. The van der Waals surface area contributed by atoms with Gasteiger partial charge in [0.15, 0.2) is 0 Å². The molecule has 0 aromatic rings. The van der Waals surface area contributed by atoms with Gasteiger partial charge >= 0.3 is 0 Å². The topological polar surface area (TPSA) is 20.2 Å². The van der Waals surface area contributed by atoms with E-state index in [-0.39, 0.29) is 12.0 Å². The summed E-state index contributed by atoms with van der Waals surface area (Å²) in [5.41, 5.74) is -0.236. The van der Waals surface area contributed by atoms with Crippen LogP contribution >= 0.6 is 31.9 Å². The van der Waals surface area contributed by atoms with Crippen molar-refractivity contribution in [3.05, 3.63) is 6.92 Å². The highest BCUT2D eigenvalue weighted by Crippen LogP contribution is 2.19. The third kappa shape index (κ3) is 2.46. The SMILES string of the molecule is [CH2]C(CO)(CBr)CBr. The summed E-state index contributed by atoms with van der Waals surface area (Å²) in [6, 6.07) is 0. The normalized spacial score (nSPS) is 12.0. The Morgan fingerprint density at radius 3 is 1.75 bits per heavy atom. The van der Waals surface area contributed by atoms with Crippen LogP contribution in [-0.2, 0) is 0 Å². The molecular formula is C5H9Br2O. The average Bonchev–Trinajstić information content (AvgIpc) is 1.87. The molecule has 1 nitrogen and oxygen atoms in total. The molecule has 1 radical (unpaired) electrons. The molecule has 0 saturated heterocycles. The Labute approximate surface area is 66.7 Å². The van der Waals surface area contributed by atoms with Crippen LogP contribution in [0.15, 0.2) is 0 Å². The van der Waals surface area contributed by atoms with E-state index >= 15 is 0 Å². The van der Waals surface area contributed by atoms with Crippen molar-refractivity contribution in [3.8, 4) is 0 Å². The highest BCUT2D eigenvalue weighted by Gasteiger charge is 2.19. The molecule has 0 spiro atoms. The second-order valence-corrected chi connectivity index (χ2v) is 3.05. The smallest absolute Gasteiger partial charge is 0.0503 e. The van der Waals surface area contributed by atoms with Crippen molar-refractivity contribution in [2.24, 2.45) is 5.41 Å². The molecule has 0 aromatic carbocycles. The highest BCUT2D eigenvalue weighted by atomic mass is 79.9. The maximum absolute atomic E-state index is 8.66. The Morgan fingerprint density at radius 2 is 1.75 bits per heavy atom. The maximum atomic E-state index is 8.66. The lowest BCUT2D eigenvalue weighted by Gasteiger charge is -2.20. The molecule has 8 heavy (non-hydrogen) atoms. The molecule has 0 atom stereocenters. The van der Waals surface area contributed by atoms with Crippen molar-refractivity contribution in [2.75, 3.05) is 17.3 Å². The van der Waals surface area contributed by atoms with Crippen molar-refractivity contribution >= 4 is 31.9 Å². The van der Waals surface area contributed by atoms with Gasteiger partial charge in [-0.05, 0) is 6.92 Å². The summed E-state index contributed by atoms with van der Waals surface area (Å²) >= 11 is 6.48. The first-order valence-electron chi connectivity index (χ1n) is 2.26. The van der Waals surface area contributed by atoms with Crippen LogP contribution in [0.1, 0.15) is 0 Å². The number of rotatable bonds is 3. The predicted octanol–water partition coefficient (Wildman–Crippen LogP) is 1.59. The quantitative estimate of drug-likeness (QED) is 0.748. The monoisotopic (exact) mass is 243 g/mol. The number of aliphatic hydroxyl groups excluding tert-OH is 1. The van der Waals surface area contributed by atoms with E-state index in [0.717, 1.165) is 10.7 Å². The lowest BCUT2D eigenvalue weighted by atomic mass is 9.99. The van der Waals surface area contributed by atoms with Crippen LogP contribution in [0.4, 0.5) is 0 Å². The number of alkyl halides is 2. The number of hydrogen-bond donors (Lipinski definition) is 1. The summed E-state index contributed by atoms with van der Waals surface area (Å²) in [4.78, 5) is 0. The fourth-order valence-corrected chi connectivity index (χ4v) is 1.40. The maximum Gasteiger partial charge on any atom is 0.0503 e. The van der Waals surface area contributed by atoms with Crippen molar-refractivity contribution in [1.29, 1.82) is 0 Å². The Balaban J connectivity index is 3.58. The summed E-state index contributed by atoms with van der Waals surface area (Å²) in [5, 5.41) is 10.1. The zero-order valence-corrected chi connectivity index (χ0v) is 7.70. The second-order valence-electron chi connectivity index (χ2n) is 1.93. The third-order valence-electron chi connectivity index (χ3n) is 0.902.